The van der Waals surface area contributed by atoms with Crippen molar-refractivity contribution in [2.24, 2.45) is 11.8 Å². The molecule has 0 unspecified atom stereocenters. The minimum Gasteiger partial charge on any atom is -0.493 e. The molecule has 4 rings (SSSR count). The maximum atomic E-state index is 13.8. The van der Waals surface area contributed by atoms with Gasteiger partial charge in [0, 0.05) is 38.3 Å². The van der Waals surface area contributed by atoms with Crippen molar-refractivity contribution >= 4 is 0 Å². The quantitative estimate of drug-likeness (QED) is 0.778. The number of benzene rings is 2. The van der Waals surface area contributed by atoms with E-state index in [2.05, 4.69) is 22.9 Å². The molecule has 0 aromatic heterocycles. The maximum Gasteiger partial charge on any atom is 0.161 e. The molecule has 0 spiro atoms. The van der Waals surface area contributed by atoms with Crippen LogP contribution in [0.4, 0.5) is 4.39 Å². The van der Waals surface area contributed by atoms with Crippen molar-refractivity contribution in [3.05, 3.63) is 59.4 Å². The molecule has 0 aliphatic carbocycles. The molecule has 2 atom stereocenters. The molecule has 0 N–H and O–H groups in total. The summed E-state index contributed by atoms with van der Waals surface area (Å²) in [4.78, 5) is 4.97. The molecule has 0 saturated carbocycles. The Morgan fingerprint density at radius 1 is 1.00 bits per heavy atom. The summed E-state index contributed by atoms with van der Waals surface area (Å²) < 4.78 is 25.2. The van der Waals surface area contributed by atoms with Crippen LogP contribution in [0.5, 0.6) is 11.5 Å². The van der Waals surface area contributed by atoms with Gasteiger partial charge in [-0.25, -0.2) is 4.39 Å². The third-order valence-corrected chi connectivity index (χ3v) is 5.72. The summed E-state index contributed by atoms with van der Waals surface area (Å²) in [7, 11) is 3.84. The monoisotopic (exact) mass is 370 g/mol. The molecule has 5 heteroatoms. The number of hydrogen-bond acceptors (Lipinski definition) is 4. The Kier molecular flexibility index (Phi) is 5.32. The lowest BCUT2D eigenvalue weighted by molar-refractivity contribution is 0.267. The average molecular weight is 370 g/mol. The molecule has 2 heterocycles. The summed E-state index contributed by atoms with van der Waals surface area (Å²) in [5.41, 5.74) is 1.74. The zero-order chi connectivity index (χ0) is 18.8. The van der Waals surface area contributed by atoms with E-state index in [0.29, 0.717) is 17.1 Å². The van der Waals surface area contributed by atoms with Gasteiger partial charge >= 0.3 is 0 Å². The minimum atomic E-state index is -0.249. The fourth-order valence-corrected chi connectivity index (χ4v) is 4.42. The summed E-state index contributed by atoms with van der Waals surface area (Å²) >= 11 is 0. The van der Waals surface area contributed by atoms with E-state index in [1.807, 2.05) is 18.2 Å². The van der Waals surface area contributed by atoms with Gasteiger partial charge in [0.25, 0.3) is 0 Å². The van der Waals surface area contributed by atoms with Crippen LogP contribution in [0.2, 0.25) is 0 Å². The highest BCUT2D eigenvalue weighted by Gasteiger charge is 2.38. The Hall–Kier alpha value is -2.11. The predicted octanol–water partition coefficient (Wildman–Crippen LogP) is 3.41. The number of likely N-dealkylation sites (tertiary alicyclic amines) is 2. The number of nitrogens with zero attached hydrogens (tertiary/aromatic N) is 2. The SMILES string of the molecule is COc1ccc(CN2C[C@H]3CN(C)C[C@H]3C2)cc1OCc1ccccc1F. The molecule has 4 nitrogen and oxygen atoms in total. The molecule has 2 fully saturated rings. The summed E-state index contributed by atoms with van der Waals surface area (Å²) in [6.07, 6.45) is 0. The zero-order valence-electron chi connectivity index (χ0n) is 16.0. The third kappa shape index (κ3) is 4.09. The van der Waals surface area contributed by atoms with Crippen molar-refractivity contribution in [2.45, 2.75) is 13.2 Å². The van der Waals surface area contributed by atoms with Crippen LogP contribution >= 0.6 is 0 Å². The Labute approximate surface area is 160 Å². The van der Waals surface area contributed by atoms with E-state index < -0.39 is 0 Å². The predicted molar refractivity (Wildman–Crippen MR) is 103 cm³/mol. The number of fused-ring (bicyclic) bond motifs is 1. The van der Waals surface area contributed by atoms with Gasteiger partial charge in [0.15, 0.2) is 11.5 Å². The molecule has 2 saturated heterocycles. The van der Waals surface area contributed by atoms with Crippen molar-refractivity contribution in [3.63, 3.8) is 0 Å². The summed E-state index contributed by atoms with van der Waals surface area (Å²) in [6, 6.07) is 12.8. The van der Waals surface area contributed by atoms with E-state index >= 15 is 0 Å². The highest BCUT2D eigenvalue weighted by Crippen LogP contribution is 2.33. The molecular formula is C22H27FN2O2. The van der Waals surface area contributed by atoms with E-state index in [1.165, 1.54) is 24.7 Å². The Morgan fingerprint density at radius 2 is 1.74 bits per heavy atom. The molecule has 27 heavy (non-hydrogen) atoms. The van der Waals surface area contributed by atoms with Crippen LogP contribution in [0.1, 0.15) is 11.1 Å². The first-order chi connectivity index (χ1) is 13.1. The van der Waals surface area contributed by atoms with Gasteiger partial charge in [0.1, 0.15) is 12.4 Å². The molecule has 0 amide bonds. The fraction of sp³-hybridized carbons (Fsp3) is 0.455. The van der Waals surface area contributed by atoms with Crippen molar-refractivity contribution in [2.75, 3.05) is 40.3 Å². The topological polar surface area (TPSA) is 24.9 Å². The highest BCUT2D eigenvalue weighted by atomic mass is 19.1. The number of ether oxygens (including phenoxy) is 2. The molecule has 2 aliphatic heterocycles. The van der Waals surface area contributed by atoms with Gasteiger partial charge in [-0.15, -0.1) is 0 Å². The molecule has 144 valence electrons. The van der Waals surface area contributed by atoms with Crippen LogP contribution in [-0.4, -0.2) is 50.1 Å². The number of methoxy groups -OCH3 is 1. The van der Waals surface area contributed by atoms with Crippen LogP contribution in [0.3, 0.4) is 0 Å². The molecule has 2 aromatic rings. The van der Waals surface area contributed by atoms with Crippen LogP contribution < -0.4 is 9.47 Å². The van der Waals surface area contributed by atoms with Crippen molar-refractivity contribution in [1.82, 2.24) is 9.80 Å². The molecular weight excluding hydrogens is 343 g/mol. The van der Waals surface area contributed by atoms with Gasteiger partial charge in [-0.1, -0.05) is 24.3 Å². The second-order valence-electron chi connectivity index (χ2n) is 7.80. The third-order valence-electron chi connectivity index (χ3n) is 5.72. The lowest BCUT2D eigenvalue weighted by atomic mass is 10.0. The van der Waals surface area contributed by atoms with Gasteiger partial charge in [0.05, 0.1) is 7.11 Å². The van der Waals surface area contributed by atoms with Crippen molar-refractivity contribution < 1.29 is 13.9 Å². The Morgan fingerprint density at radius 3 is 2.44 bits per heavy atom. The van der Waals surface area contributed by atoms with E-state index in [0.717, 1.165) is 31.5 Å². The van der Waals surface area contributed by atoms with Gasteiger partial charge in [0.2, 0.25) is 0 Å². The maximum absolute atomic E-state index is 13.8. The summed E-state index contributed by atoms with van der Waals surface area (Å²) in [5, 5.41) is 0. The average Bonchev–Trinajstić information content (AvgIpc) is 3.17. The first-order valence-electron chi connectivity index (χ1n) is 9.56. The lowest BCUT2D eigenvalue weighted by Gasteiger charge is -2.20. The second kappa shape index (κ2) is 7.87. The van der Waals surface area contributed by atoms with Crippen molar-refractivity contribution in [3.8, 4) is 11.5 Å². The molecule has 0 radical (unpaired) electrons. The molecule has 0 bridgehead atoms. The molecule has 2 aliphatic rings. The first kappa shape index (κ1) is 18.3. The van der Waals surface area contributed by atoms with Gasteiger partial charge in [-0.3, -0.25) is 4.90 Å². The minimum absolute atomic E-state index is 0.187. The van der Waals surface area contributed by atoms with Crippen molar-refractivity contribution in [1.29, 1.82) is 0 Å². The summed E-state index contributed by atoms with van der Waals surface area (Å²) in [6.45, 7) is 5.84. The standard InChI is InChI=1S/C22H27FN2O2/c1-24-11-18-13-25(14-19(18)12-24)10-16-7-8-21(26-2)22(9-16)27-15-17-5-3-4-6-20(17)23/h3-9,18-19H,10-15H2,1-2H3/t18-,19+. The number of halogens is 1. The first-order valence-corrected chi connectivity index (χ1v) is 9.56. The van der Waals surface area contributed by atoms with Crippen LogP contribution in [-0.2, 0) is 13.2 Å². The molecule has 2 aromatic carbocycles. The zero-order valence-corrected chi connectivity index (χ0v) is 16.0. The fourth-order valence-electron chi connectivity index (χ4n) is 4.42. The normalized spacial score (nSPS) is 22.8. The largest absolute Gasteiger partial charge is 0.493 e. The van der Waals surface area contributed by atoms with E-state index in [4.69, 9.17) is 9.47 Å². The van der Waals surface area contributed by atoms with E-state index in [-0.39, 0.29) is 12.4 Å². The van der Waals surface area contributed by atoms with Gasteiger partial charge in [-0.05, 0) is 42.6 Å². The van der Waals surface area contributed by atoms with Crippen LogP contribution in [0.25, 0.3) is 0 Å². The second-order valence-corrected chi connectivity index (χ2v) is 7.80. The van der Waals surface area contributed by atoms with Gasteiger partial charge in [-0.2, -0.15) is 0 Å². The summed E-state index contributed by atoms with van der Waals surface area (Å²) in [5.74, 6) is 2.68. The Balaban J connectivity index is 1.42. The Bertz CT molecular complexity index is 784. The van der Waals surface area contributed by atoms with Crippen LogP contribution in [0, 0.1) is 17.7 Å². The highest BCUT2D eigenvalue weighted by molar-refractivity contribution is 5.43. The van der Waals surface area contributed by atoms with Gasteiger partial charge < -0.3 is 14.4 Å². The van der Waals surface area contributed by atoms with E-state index in [1.54, 1.807) is 19.2 Å². The van der Waals surface area contributed by atoms with Crippen LogP contribution in [0.15, 0.2) is 42.5 Å². The number of rotatable bonds is 6. The smallest absolute Gasteiger partial charge is 0.161 e. The van der Waals surface area contributed by atoms with E-state index in [9.17, 15) is 4.39 Å². The lowest BCUT2D eigenvalue weighted by Crippen LogP contribution is -2.26. The number of hydrogen-bond donors (Lipinski definition) is 0.